The Balaban J connectivity index is 2.07. The summed E-state index contributed by atoms with van der Waals surface area (Å²) in [5.74, 6) is 0.902. The highest BCUT2D eigenvalue weighted by Crippen LogP contribution is 2.31. The SMILES string of the molecule is C=CC[C@H](CC(=O)N[C@@H](C)c1ccccc1)c1ccccc1OC. The highest BCUT2D eigenvalue weighted by Gasteiger charge is 2.19. The molecule has 0 aliphatic rings. The summed E-state index contributed by atoms with van der Waals surface area (Å²) < 4.78 is 5.44. The Kier molecular flexibility index (Phi) is 6.62. The fraction of sp³-hybridized carbons (Fsp3) is 0.286. The number of benzene rings is 2. The van der Waals surface area contributed by atoms with Crippen LogP contribution >= 0.6 is 0 Å². The number of methoxy groups -OCH3 is 1. The second-order valence-corrected chi connectivity index (χ2v) is 5.87. The molecule has 0 saturated carbocycles. The van der Waals surface area contributed by atoms with Gasteiger partial charge >= 0.3 is 0 Å². The van der Waals surface area contributed by atoms with Crippen molar-refractivity contribution in [2.24, 2.45) is 0 Å². The zero-order chi connectivity index (χ0) is 17.4. The molecule has 0 saturated heterocycles. The Labute approximate surface area is 144 Å². The summed E-state index contributed by atoms with van der Waals surface area (Å²) in [4.78, 5) is 12.5. The molecule has 0 fully saturated rings. The van der Waals surface area contributed by atoms with Crippen LogP contribution in [0.25, 0.3) is 0 Å². The summed E-state index contributed by atoms with van der Waals surface area (Å²) in [6, 6.07) is 17.8. The number of allylic oxidation sites excluding steroid dienone is 1. The molecule has 0 bridgehead atoms. The Bertz CT molecular complexity index is 667. The molecular formula is C21H25NO2. The predicted octanol–water partition coefficient (Wildman–Crippen LogP) is 4.62. The predicted molar refractivity (Wildman–Crippen MR) is 98.2 cm³/mol. The molecule has 3 nitrogen and oxygen atoms in total. The average molecular weight is 323 g/mol. The van der Waals surface area contributed by atoms with Crippen molar-refractivity contribution in [2.45, 2.75) is 31.7 Å². The Morgan fingerprint density at radius 1 is 1.17 bits per heavy atom. The Morgan fingerprint density at radius 3 is 2.50 bits per heavy atom. The van der Waals surface area contributed by atoms with E-state index in [-0.39, 0.29) is 17.9 Å². The van der Waals surface area contributed by atoms with Crippen molar-refractivity contribution in [1.82, 2.24) is 5.32 Å². The number of ether oxygens (including phenoxy) is 1. The summed E-state index contributed by atoms with van der Waals surface area (Å²) in [6.45, 7) is 5.82. The number of para-hydroxylation sites is 1. The summed E-state index contributed by atoms with van der Waals surface area (Å²) in [5.41, 5.74) is 2.14. The van der Waals surface area contributed by atoms with E-state index in [1.807, 2.05) is 67.6 Å². The van der Waals surface area contributed by atoms with Crippen LogP contribution in [0.5, 0.6) is 5.75 Å². The fourth-order valence-electron chi connectivity index (χ4n) is 2.87. The first-order chi connectivity index (χ1) is 11.7. The van der Waals surface area contributed by atoms with Crippen LogP contribution in [0.3, 0.4) is 0 Å². The molecule has 2 atom stereocenters. The molecule has 126 valence electrons. The number of rotatable bonds is 8. The van der Waals surface area contributed by atoms with E-state index in [4.69, 9.17) is 4.74 Å². The maximum atomic E-state index is 12.5. The molecule has 1 amide bonds. The van der Waals surface area contributed by atoms with Crippen molar-refractivity contribution in [3.05, 3.63) is 78.4 Å². The maximum Gasteiger partial charge on any atom is 0.221 e. The topological polar surface area (TPSA) is 38.3 Å². The third kappa shape index (κ3) is 4.72. The van der Waals surface area contributed by atoms with Crippen LogP contribution in [0.1, 0.15) is 42.9 Å². The molecule has 2 aromatic rings. The van der Waals surface area contributed by atoms with E-state index in [0.29, 0.717) is 6.42 Å². The minimum Gasteiger partial charge on any atom is -0.496 e. The van der Waals surface area contributed by atoms with Crippen molar-refractivity contribution >= 4 is 5.91 Å². The number of carbonyl (C=O) groups excluding carboxylic acids is 1. The van der Waals surface area contributed by atoms with Crippen LogP contribution in [-0.4, -0.2) is 13.0 Å². The van der Waals surface area contributed by atoms with Crippen LogP contribution in [0.15, 0.2) is 67.3 Å². The van der Waals surface area contributed by atoms with Gasteiger partial charge < -0.3 is 10.1 Å². The Hall–Kier alpha value is -2.55. The van der Waals surface area contributed by atoms with Crippen molar-refractivity contribution in [2.75, 3.05) is 7.11 Å². The lowest BCUT2D eigenvalue weighted by Crippen LogP contribution is -2.28. The van der Waals surface area contributed by atoms with E-state index in [1.165, 1.54) is 0 Å². The van der Waals surface area contributed by atoms with E-state index < -0.39 is 0 Å². The number of amides is 1. The molecule has 0 aliphatic heterocycles. The van der Waals surface area contributed by atoms with Gasteiger partial charge in [-0.1, -0.05) is 54.6 Å². The number of nitrogens with one attached hydrogen (secondary N) is 1. The van der Waals surface area contributed by atoms with Gasteiger partial charge in [-0.3, -0.25) is 4.79 Å². The van der Waals surface area contributed by atoms with E-state index in [2.05, 4.69) is 11.9 Å². The highest BCUT2D eigenvalue weighted by atomic mass is 16.5. The van der Waals surface area contributed by atoms with Gasteiger partial charge in [0.15, 0.2) is 0 Å². The van der Waals surface area contributed by atoms with Gasteiger partial charge in [-0.15, -0.1) is 6.58 Å². The summed E-state index contributed by atoms with van der Waals surface area (Å²) in [5, 5.41) is 3.08. The molecule has 0 aliphatic carbocycles. The highest BCUT2D eigenvalue weighted by molar-refractivity contribution is 5.77. The maximum absolute atomic E-state index is 12.5. The summed E-state index contributed by atoms with van der Waals surface area (Å²) in [6.07, 6.45) is 2.99. The molecular weight excluding hydrogens is 298 g/mol. The molecule has 0 spiro atoms. The minimum absolute atomic E-state index is 0.0132. The van der Waals surface area contributed by atoms with Gasteiger partial charge in [0.1, 0.15) is 5.75 Å². The van der Waals surface area contributed by atoms with Gasteiger partial charge in [0.2, 0.25) is 5.91 Å². The van der Waals surface area contributed by atoms with Crippen LogP contribution in [0.2, 0.25) is 0 Å². The van der Waals surface area contributed by atoms with E-state index in [9.17, 15) is 4.79 Å². The average Bonchev–Trinajstić information content (AvgIpc) is 2.62. The lowest BCUT2D eigenvalue weighted by atomic mass is 9.91. The van der Waals surface area contributed by atoms with E-state index in [0.717, 1.165) is 23.3 Å². The first-order valence-electron chi connectivity index (χ1n) is 8.23. The number of carbonyl (C=O) groups is 1. The largest absolute Gasteiger partial charge is 0.496 e. The monoisotopic (exact) mass is 323 g/mol. The van der Waals surface area contributed by atoms with Crippen molar-refractivity contribution in [3.63, 3.8) is 0 Å². The lowest BCUT2D eigenvalue weighted by molar-refractivity contribution is -0.122. The lowest BCUT2D eigenvalue weighted by Gasteiger charge is -2.20. The molecule has 0 radical (unpaired) electrons. The van der Waals surface area contributed by atoms with Gasteiger partial charge in [0.05, 0.1) is 13.2 Å². The number of hydrogen-bond acceptors (Lipinski definition) is 2. The van der Waals surface area contributed by atoms with Gasteiger partial charge in [-0.25, -0.2) is 0 Å². The number of hydrogen-bond donors (Lipinski definition) is 1. The van der Waals surface area contributed by atoms with Crippen molar-refractivity contribution < 1.29 is 9.53 Å². The van der Waals surface area contributed by atoms with Gasteiger partial charge in [-0.05, 0) is 36.5 Å². The van der Waals surface area contributed by atoms with Gasteiger partial charge in [0.25, 0.3) is 0 Å². The van der Waals surface area contributed by atoms with Crippen LogP contribution < -0.4 is 10.1 Å². The summed E-state index contributed by atoms with van der Waals surface area (Å²) >= 11 is 0. The van der Waals surface area contributed by atoms with Gasteiger partial charge in [0, 0.05) is 6.42 Å². The van der Waals surface area contributed by atoms with Crippen LogP contribution in [0.4, 0.5) is 0 Å². The second kappa shape index (κ2) is 8.92. The Morgan fingerprint density at radius 2 is 1.83 bits per heavy atom. The molecule has 3 heteroatoms. The van der Waals surface area contributed by atoms with Crippen LogP contribution in [0, 0.1) is 0 Å². The molecule has 0 unspecified atom stereocenters. The van der Waals surface area contributed by atoms with E-state index >= 15 is 0 Å². The van der Waals surface area contributed by atoms with E-state index in [1.54, 1.807) is 7.11 Å². The molecule has 0 aromatic heterocycles. The fourth-order valence-corrected chi connectivity index (χ4v) is 2.87. The zero-order valence-corrected chi connectivity index (χ0v) is 14.4. The second-order valence-electron chi connectivity index (χ2n) is 5.87. The summed E-state index contributed by atoms with van der Waals surface area (Å²) in [7, 11) is 1.65. The zero-order valence-electron chi connectivity index (χ0n) is 14.4. The molecule has 1 N–H and O–H groups in total. The molecule has 24 heavy (non-hydrogen) atoms. The van der Waals surface area contributed by atoms with Crippen LogP contribution in [-0.2, 0) is 4.79 Å². The van der Waals surface area contributed by atoms with Crippen molar-refractivity contribution in [1.29, 1.82) is 0 Å². The third-order valence-corrected chi connectivity index (χ3v) is 4.14. The first kappa shape index (κ1) is 17.8. The first-order valence-corrected chi connectivity index (χ1v) is 8.23. The molecule has 2 rings (SSSR count). The minimum atomic E-state index is -0.0132. The smallest absolute Gasteiger partial charge is 0.221 e. The molecule has 0 heterocycles. The standard InChI is InChI=1S/C21H25NO2/c1-4-10-18(19-13-8-9-14-20(19)24-3)15-21(23)22-16(2)17-11-6-5-7-12-17/h4-9,11-14,16,18H,1,10,15H2,2-3H3,(H,22,23)/t16-,18+/m0/s1. The van der Waals surface area contributed by atoms with Crippen molar-refractivity contribution in [3.8, 4) is 5.75 Å². The van der Waals surface area contributed by atoms with Gasteiger partial charge in [-0.2, -0.15) is 0 Å². The normalized spacial score (nSPS) is 12.9. The third-order valence-electron chi connectivity index (χ3n) is 4.14. The molecule has 2 aromatic carbocycles. The quantitative estimate of drug-likeness (QED) is 0.720.